The average molecular weight is 486 g/mol. The molecule has 2 aliphatic rings. The number of halogens is 1. The number of hydrogen-bond acceptors (Lipinski definition) is 5. The molecule has 2 heterocycles. The first kappa shape index (κ1) is 24.8. The van der Waals surface area contributed by atoms with E-state index in [9.17, 15) is 18.0 Å². The maximum absolute atomic E-state index is 12.8. The summed E-state index contributed by atoms with van der Waals surface area (Å²) in [7, 11) is -3.63. The van der Waals surface area contributed by atoms with Gasteiger partial charge in [0.1, 0.15) is 5.60 Å². The Balaban J connectivity index is 1.46. The number of likely N-dealkylation sites (tertiary alicyclic amines) is 1. The van der Waals surface area contributed by atoms with Crippen molar-refractivity contribution in [1.82, 2.24) is 14.1 Å². The molecule has 2 fully saturated rings. The molecule has 0 unspecified atom stereocenters. The van der Waals surface area contributed by atoms with Crippen LogP contribution in [0.25, 0.3) is 0 Å². The zero-order chi connectivity index (χ0) is 23.5. The van der Waals surface area contributed by atoms with Crippen LogP contribution in [0.1, 0.15) is 40.0 Å². The van der Waals surface area contributed by atoms with E-state index in [0.29, 0.717) is 37.6 Å². The first-order chi connectivity index (χ1) is 15.0. The zero-order valence-corrected chi connectivity index (χ0v) is 20.5. The maximum Gasteiger partial charge on any atom is 0.410 e. The fourth-order valence-corrected chi connectivity index (χ4v) is 5.70. The molecule has 32 heavy (non-hydrogen) atoms. The van der Waals surface area contributed by atoms with Crippen LogP contribution >= 0.6 is 11.6 Å². The van der Waals surface area contributed by atoms with Gasteiger partial charge in [0.05, 0.1) is 4.90 Å². The summed E-state index contributed by atoms with van der Waals surface area (Å²) in [6.07, 6.45) is 1.63. The van der Waals surface area contributed by atoms with Gasteiger partial charge in [-0.15, -0.1) is 0 Å². The van der Waals surface area contributed by atoms with Gasteiger partial charge in [-0.1, -0.05) is 17.7 Å². The van der Waals surface area contributed by atoms with Crippen LogP contribution in [0.5, 0.6) is 0 Å². The van der Waals surface area contributed by atoms with Crippen molar-refractivity contribution in [3.05, 3.63) is 29.3 Å². The number of carbonyl (C=O) groups excluding carboxylic acids is 2. The number of ether oxygens (including phenoxy) is 1. The summed E-state index contributed by atoms with van der Waals surface area (Å²) in [5.41, 5.74) is -0.522. The molecule has 3 rings (SSSR count). The summed E-state index contributed by atoms with van der Waals surface area (Å²) in [4.78, 5) is 28.6. The van der Waals surface area contributed by atoms with Crippen molar-refractivity contribution in [2.24, 2.45) is 5.92 Å². The average Bonchev–Trinajstić information content (AvgIpc) is 2.73. The van der Waals surface area contributed by atoms with Gasteiger partial charge >= 0.3 is 6.09 Å². The highest BCUT2D eigenvalue weighted by Crippen LogP contribution is 2.25. The minimum absolute atomic E-state index is 0.0421. The van der Waals surface area contributed by atoms with Gasteiger partial charge in [-0.25, -0.2) is 13.2 Å². The van der Waals surface area contributed by atoms with Gasteiger partial charge in [-0.3, -0.25) is 4.79 Å². The van der Waals surface area contributed by atoms with Crippen LogP contribution in [0.4, 0.5) is 4.79 Å². The number of sulfonamides is 1. The molecule has 0 atom stereocenters. The highest BCUT2D eigenvalue weighted by molar-refractivity contribution is 7.89. The molecule has 2 saturated heterocycles. The molecule has 178 valence electrons. The molecule has 0 saturated carbocycles. The molecule has 0 spiro atoms. The number of piperidine rings is 1. The molecule has 1 aromatic carbocycles. The summed E-state index contributed by atoms with van der Waals surface area (Å²) in [6, 6.07) is 6.22. The van der Waals surface area contributed by atoms with Crippen LogP contribution < -0.4 is 0 Å². The molecule has 2 aliphatic heterocycles. The first-order valence-electron chi connectivity index (χ1n) is 11.0. The predicted molar refractivity (Wildman–Crippen MR) is 122 cm³/mol. The topological polar surface area (TPSA) is 87.2 Å². The van der Waals surface area contributed by atoms with Gasteiger partial charge in [-0.2, -0.15) is 4.31 Å². The van der Waals surface area contributed by atoms with E-state index < -0.39 is 15.6 Å². The van der Waals surface area contributed by atoms with Crippen molar-refractivity contribution in [3.63, 3.8) is 0 Å². The number of hydrogen-bond donors (Lipinski definition) is 0. The molecule has 10 heteroatoms. The Bertz CT molecular complexity index is 931. The van der Waals surface area contributed by atoms with E-state index in [1.165, 1.54) is 16.4 Å². The fraction of sp³-hybridized carbons (Fsp3) is 0.636. The third kappa shape index (κ3) is 6.36. The molecule has 0 aliphatic carbocycles. The van der Waals surface area contributed by atoms with Gasteiger partial charge in [0.15, 0.2) is 0 Å². The summed E-state index contributed by atoms with van der Waals surface area (Å²) in [5.74, 6) is 0.259. The maximum atomic E-state index is 12.8. The lowest BCUT2D eigenvalue weighted by molar-refractivity contribution is -0.133. The molecular formula is C22H32ClN3O5S. The Morgan fingerprint density at radius 1 is 1.03 bits per heavy atom. The Labute approximate surface area is 195 Å². The highest BCUT2D eigenvalue weighted by Gasteiger charge is 2.32. The fourth-order valence-electron chi connectivity index (χ4n) is 3.98. The minimum atomic E-state index is -3.63. The number of nitrogens with zero attached hydrogens (tertiary/aromatic N) is 3. The monoisotopic (exact) mass is 485 g/mol. The third-order valence-electron chi connectivity index (χ3n) is 5.75. The van der Waals surface area contributed by atoms with E-state index in [1.54, 1.807) is 21.9 Å². The van der Waals surface area contributed by atoms with E-state index in [4.69, 9.17) is 16.3 Å². The number of amides is 2. The lowest BCUT2D eigenvalue weighted by Crippen LogP contribution is -2.51. The number of piperazine rings is 1. The van der Waals surface area contributed by atoms with Gasteiger partial charge in [0.25, 0.3) is 0 Å². The molecule has 2 amide bonds. The lowest BCUT2D eigenvalue weighted by Gasteiger charge is -2.36. The molecule has 1 aromatic rings. The van der Waals surface area contributed by atoms with Crippen LogP contribution in [0, 0.1) is 5.92 Å². The van der Waals surface area contributed by atoms with Crippen molar-refractivity contribution < 1.29 is 22.7 Å². The highest BCUT2D eigenvalue weighted by atomic mass is 35.5. The molecular weight excluding hydrogens is 454 g/mol. The quantitative estimate of drug-likeness (QED) is 0.653. The van der Waals surface area contributed by atoms with Gasteiger partial charge in [0.2, 0.25) is 15.9 Å². The largest absolute Gasteiger partial charge is 0.444 e. The second-order valence-corrected chi connectivity index (χ2v) is 11.7. The summed E-state index contributed by atoms with van der Waals surface area (Å²) in [5, 5.41) is 0.373. The van der Waals surface area contributed by atoms with Crippen molar-refractivity contribution in [1.29, 1.82) is 0 Å². The van der Waals surface area contributed by atoms with Crippen molar-refractivity contribution in [2.75, 3.05) is 39.3 Å². The van der Waals surface area contributed by atoms with E-state index in [-0.39, 0.29) is 35.9 Å². The first-order valence-corrected chi connectivity index (χ1v) is 12.8. The van der Waals surface area contributed by atoms with Gasteiger partial charge < -0.3 is 14.5 Å². The van der Waals surface area contributed by atoms with E-state index in [0.717, 1.165) is 12.8 Å². The van der Waals surface area contributed by atoms with Crippen molar-refractivity contribution in [2.45, 2.75) is 50.5 Å². The van der Waals surface area contributed by atoms with Crippen molar-refractivity contribution >= 4 is 33.6 Å². The third-order valence-corrected chi connectivity index (χ3v) is 7.88. The lowest BCUT2D eigenvalue weighted by atomic mass is 9.93. The Hall–Kier alpha value is -1.84. The van der Waals surface area contributed by atoms with Crippen molar-refractivity contribution in [3.8, 4) is 0 Å². The van der Waals surface area contributed by atoms with Gasteiger partial charge in [0, 0.05) is 50.7 Å². The van der Waals surface area contributed by atoms with Crippen LogP contribution in [-0.4, -0.2) is 79.4 Å². The Kier molecular flexibility index (Phi) is 7.73. The molecule has 8 nitrogen and oxygen atoms in total. The van der Waals surface area contributed by atoms with E-state index >= 15 is 0 Å². The Morgan fingerprint density at radius 3 is 2.22 bits per heavy atom. The summed E-state index contributed by atoms with van der Waals surface area (Å²) < 4.78 is 32.5. The van der Waals surface area contributed by atoms with Crippen LogP contribution in [-0.2, 0) is 19.6 Å². The second kappa shape index (κ2) is 9.97. The SMILES string of the molecule is CC(C)(C)OC(=O)N1CCC(CC(=O)N2CCN(S(=O)(=O)c3cccc(Cl)c3)CC2)CC1. The Morgan fingerprint density at radius 2 is 1.66 bits per heavy atom. The molecule has 0 N–H and O–H groups in total. The standard InChI is InChI=1S/C22H32ClN3O5S/c1-22(2,3)31-21(28)25-9-7-17(8-10-25)15-20(27)24-11-13-26(14-12-24)32(29,30)19-6-4-5-18(23)16-19/h4-6,16-17H,7-15H2,1-3H3. The van der Waals surface area contributed by atoms with Gasteiger partial charge in [-0.05, 0) is 57.7 Å². The van der Waals surface area contributed by atoms with E-state index in [2.05, 4.69) is 0 Å². The smallest absolute Gasteiger partial charge is 0.410 e. The molecule has 0 radical (unpaired) electrons. The summed E-state index contributed by atoms with van der Waals surface area (Å²) >= 11 is 5.94. The van der Waals surface area contributed by atoms with Crippen LogP contribution in [0.3, 0.4) is 0 Å². The number of carbonyl (C=O) groups is 2. The second-order valence-electron chi connectivity index (χ2n) is 9.36. The molecule has 0 aromatic heterocycles. The van der Waals surface area contributed by atoms with E-state index in [1.807, 2.05) is 20.8 Å². The summed E-state index contributed by atoms with van der Waals surface area (Å²) in [6.45, 7) is 7.96. The molecule has 0 bridgehead atoms. The number of rotatable bonds is 4. The van der Waals surface area contributed by atoms with Crippen LogP contribution in [0.15, 0.2) is 29.2 Å². The normalized spacial score (nSPS) is 19.1. The zero-order valence-electron chi connectivity index (χ0n) is 18.9. The van der Waals surface area contributed by atoms with Crippen LogP contribution in [0.2, 0.25) is 5.02 Å². The predicted octanol–water partition coefficient (Wildman–Crippen LogP) is 3.21. The minimum Gasteiger partial charge on any atom is -0.444 e. The number of benzene rings is 1.